The van der Waals surface area contributed by atoms with Crippen LogP contribution in [0.1, 0.15) is 20.8 Å². The van der Waals surface area contributed by atoms with Gasteiger partial charge in [-0.3, -0.25) is 19.4 Å². The molecule has 9 nitrogen and oxygen atoms in total. The molecular weight excluding hydrogens is 386 g/mol. The Morgan fingerprint density at radius 2 is 1.85 bits per heavy atom. The van der Waals surface area contributed by atoms with E-state index in [4.69, 9.17) is 18.9 Å². The molecule has 0 aromatic carbocycles. The lowest BCUT2D eigenvalue weighted by molar-refractivity contribution is -0.231. The number of aliphatic hydroxyl groups excluding tert-OH is 1. The van der Waals surface area contributed by atoms with Crippen LogP contribution in [0, 0.1) is 0 Å². The molecule has 0 spiro atoms. The molecule has 0 amide bonds. The highest BCUT2D eigenvalue weighted by Crippen LogP contribution is 2.36. The predicted molar refractivity (Wildman–Crippen MR) is 94.8 cm³/mol. The van der Waals surface area contributed by atoms with E-state index in [2.05, 4.69) is 4.99 Å². The van der Waals surface area contributed by atoms with Crippen LogP contribution in [0.3, 0.4) is 0 Å². The Hall–Kier alpha value is -1.30. The van der Waals surface area contributed by atoms with Crippen molar-refractivity contribution in [2.24, 2.45) is 4.99 Å². The molecular formula is C15H21NO8S2. The lowest BCUT2D eigenvalue weighted by atomic mass is 9.99. The zero-order valence-electron chi connectivity index (χ0n) is 14.6. The summed E-state index contributed by atoms with van der Waals surface area (Å²) >= 11 is 2.72. The average Bonchev–Trinajstić information content (AvgIpc) is 3.04. The predicted octanol–water partition coefficient (Wildman–Crippen LogP) is 0.335. The molecule has 1 N–H and O–H groups in total. The minimum atomic E-state index is -1.26. The summed E-state index contributed by atoms with van der Waals surface area (Å²) in [6, 6.07) is 0. The lowest BCUT2D eigenvalue weighted by Crippen LogP contribution is -2.60. The van der Waals surface area contributed by atoms with Gasteiger partial charge in [0.25, 0.3) is 0 Å². The molecule has 2 heterocycles. The van der Waals surface area contributed by atoms with E-state index in [9.17, 15) is 19.5 Å². The molecule has 2 aliphatic rings. The molecule has 0 saturated carbocycles. The Labute approximate surface area is 159 Å². The number of aliphatic hydroxyl groups is 1. The van der Waals surface area contributed by atoms with Crippen molar-refractivity contribution in [2.45, 2.75) is 50.6 Å². The minimum absolute atomic E-state index is 0.214. The van der Waals surface area contributed by atoms with Crippen LogP contribution in [0.5, 0.6) is 0 Å². The highest BCUT2D eigenvalue weighted by molar-refractivity contribution is 8.39. The third-order valence-electron chi connectivity index (χ3n) is 3.44. The summed E-state index contributed by atoms with van der Waals surface area (Å²) in [6.07, 6.45) is -4.43. The number of aliphatic imine (C=N–C) groups is 1. The van der Waals surface area contributed by atoms with Crippen LogP contribution in [0.4, 0.5) is 0 Å². The van der Waals surface area contributed by atoms with Gasteiger partial charge in [-0.2, -0.15) is 0 Å². The molecule has 2 rings (SSSR count). The normalized spacial score (nSPS) is 31.1. The Bertz CT molecular complexity index is 584. The molecule has 0 aromatic rings. The van der Waals surface area contributed by atoms with Gasteiger partial charge < -0.3 is 24.1 Å². The molecule has 11 heteroatoms. The van der Waals surface area contributed by atoms with Gasteiger partial charge in [0.15, 0.2) is 12.2 Å². The summed E-state index contributed by atoms with van der Waals surface area (Å²) in [5.41, 5.74) is -0.823. The highest BCUT2D eigenvalue weighted by Gasteiger charge is 2.50. The number of carbonyl (C=O) groups is 3. The van der Waals surface area contributed by atoms with Crippen molar-refractivity contribution in [3.63, 3.8) is 0 Å². The number of hydrogen-bond donors (Lipinski definition) is 1. The van der Waals surface area contributed by atoms with Gasteiger partial charge in [0.05, 0.1) is 6.54 Å². The Morgan fingerprint density at radius 1 is 1.19 bits per heavy atom. The van der Waals surface area contributed by atoms with Crippen molar-refractivity contribution >= 4 is 45.8 Å². The van der Waals surface area contributed by atoms with Crippen LogP contribution in [0.2, 0.25) is 0 Å². The number of carbonyl (C=O) groups excluding carboxylic acids is 3. The average molecular weight is 407 g/mol. The molecule has 0 aliphatic carbocycles. The third-order valence-corrected chi connectivity index (χ3v) is 5.80. The van der Waals surface area contributed by atoms with E-state index < -0.39 is 47.8 Å². The van der Waals surface area contributed by atoms with E-state index in [1.54, 1.807) is 0 Å². The maximum absolute atomic E-state index is 11.5. The molecule has 0 unspecified atom stereocenters. The van der Waals surface area contributed by atoms with Gasteiger partial charge in [0.2, 0.25) is 0 Å². The minimum Gasteiger partial charge on any atom is -0.463 e. The number of rotatable bonds is 5. The number of esters is 3. The Kier molecular flexibility index (Phi) is 7.74. The van der Waals surface area contributed by atoms with Crippen LogP contribution >= 0.6 is 23.5 Å². The van der Waals surface area contributed by atoms with Crippen molar-refractivity contribution in [3.05, 3.63) is 0 Å². The molecule has 0 aromatic heterocycles. The van der Waals surface area contributed by atoms with E-state index in [0.717, 1.165) is 10.1 Å². The Balaban J connectivity index is 2.22. The van der Waals surface area contributed by atoms with Crippen molar-refractivity contribution < 1.29 is 38.4 Å². The Morgan fingerprint density at radius 3 is 2.38 bits per heavy atom. The number of thioether (sulfide) groups is 2. The van der Waals surface area contributed by atoms with Crippen LogP contribution in [0.25, 0.3) is 0 Å². The van der Waals surface area contributed by atoms with Gasteiger partial charge in [0, 0.05) is 26.5 Å². The number of ether oxygens (including phenoxy) is 4. The van der Waals surface area contributed by atoms with Gasteiger partial charge in [-0.25, -0.2) is 0 Å². The van der Waals surface area contributed by atoms with Crippen LogP contribution < -0.4 is 0 Å². The lowest BCUT2D eigenvalue weighted by Gasteiger charge is -2.42. The van der Waals surface area contributed by atoms with Gasteiger partial charge in [0.1, 0.15) is 28.6 Å². The largest absolute Gasteiger partial charge is 0.463 e. The zero-order valence-corrected chi connectivity index (χ0v) is 16.2. The van der Waals surface area contributed by atoms with Crippen molar-refractivity contribution in [2.75, 3.05) is 18.9 Å². The fraction of sp³-hybridized carbons (Fsp3) is 0.733. The van der Waals surface area contributed by atoms with Gasteiger partial charge in [-0.05, 0) is 0 Å². The van der Waals surface area contributed by atoms with Crippen molar-refractivity contribution in [1.29, 1.82) is 0 Å². The fourth-order valence-electron chi connectivity index (χ4n) is 2.47. The molecule has 5 atom stereocenters. The van der Waals surface area contributed by atoms with E-state index in [1.165, 1.54) is 44.3 Å². The molecule has 2 aliphatic heterocycles. The monoisotopic (exact) mass is 407 g/mol. The molecule has 0 radical (unpaired) electrons. The van der Waals surface area contributed by atoms with E-state index in [1.807, 2.05) is 0 Å². The number of hydrogen-bond acceptors (Lipinski definition) is 11. The summed E-state index contributed by atoms with van der Waals surface area (Å²) in [6.45, 7) is 4.07. The smallest absolute Gasteiger partial charge is 0.303 e. The summed E-state index contributed by atoms with van der Waals surface area (Å²) in [5, 5.41) is 10.6. The number of nitrogens with zero attached hydrogens (tertiary/aromatic N) is 1. The third kappa shape index (κ3) is 5.86. The first-order chi connectivity index (χ1) is 12.3. The summed E-state index contributed by atoms with van der Waals surface area (Å²) < 4.78 is 21.9. The summed E-state index contributed by atoms with van der Waals surface area (Å²) in [4.78, 5) is 38.4. The van der Waals surface area contributed by atoms with Crippen LogP contribution in [-0.2, 0) is 33.3 Å². The fourth-order valence-corrected chi connectivity index (χ4v) is 4.67. The second-order valence-electron chi connectivity index (χ2n) is 5.60. The first-order valence-corrected chi connectivity index (χ1v) is 9.79. The second-order valence-corrected chi connectivity index (χ2v) is 8.03. The van der Waals surface area contributed by atoms with E-state index >= 15 is 0 Å². The standard InChI is InChI=1S/C15H21NO8S2/c1-7(17)21-6-10-12(22-8(2)18)13(23-9(3)19)11(20)14(24-10)26-15-16-4-5-25-15/h10-14,20H,4-6H2,1-3H3/t10-,11-,12-,13-,14+/m1/s1. The molecule has 146 valence electrons. The highest BCUT2D eigenvalue weighted by atomic mass is 32.2. The van der Waals surface area contributed by atoms with Crippen molar-refractivity contribution in [3.8, 4) is 0 Å². The molecule has 0 bridgehead atoms. The second kappa shape index (κ2) is 9.58. The summed E-state index contributed by atoms with van der Waals surface area (Å²) in [5.74, 6) is -0.982. The SMILES string of the molecule is CC(=O)OC[C@H]1O[C@@H](SC2=NCCS2)[C@H](O)[C@@H](OC(C)=O)[C@@H]1OC(C)=O. The maximum atomic E-state index is 11.5. The van der Waals surface area contributed by atoms with Gasteiger partial charge in [-0.1, -0.05) is 23.5 Å². The first-order valence-electron chi connectivity index (χ1n) is 7.93. The van der Waals surface area contributed by atoms with Crippen molar-refractivity contribution in [1.82, 2.24) is 0 Å². The van der Waals surface area contributed by atoms with E-state index in [0.29, 0.717) is 6.54 Å². The van der Waals surface area contributed by atoms with Gasteiger partial charge in [-0.15, -0.1) is 0 Å². The molecule has 26 heavy (non-hydrogen) atoms. The zero-order chi connectivity index (χ0) is 19.3. The van der Waals surface area contributed by atoms with E-state index in [-0.39, 0.29) is 6.61 Å². The summed E-state index contributed by atoms with van der Waals surface area (Å²) in [7, 11) is 0. The van der Waals surface area contributed by atoms with Crippen LogP contribution in [-0.4, -0.2) is 76.1 Å². The quantitative estimate of drug-likeness (QED) is 0.504. The first kappa shape index (κ1) is 21.0. The van der Waals surface area contributed by atoms with Crippen LogP contribution in [0.15, 0.2) is 4.99 Å². The topological polar surface area (TPSA) is 121 Å². The maximum Gasteiger partial charge on any atom is 0.303 e. The van der Waals surface area contributed by atoms with Gasteiger partial charge >= 0.3 is 17.9 Å². The molecule has 1 fully saturated rings. The molecule has 1 saturated heterocycles.